The third kappa shape index (κ3) is 3.20. The number of halogens is 1. The van der Waals surface area contributed by atoms with Crippen LogP contribution in [0.2, 0.25) is 0 Å². The SMILES string of the molecule is Cc1ccc(N(Cl)NC=C(C#N)C#N)cc1. The van der Waals surface area contributed by atoms with Crippen molar-refractivity contribution in [3.8, 4) is 12.1 Å². The number of hydrogen-bond acceptors (Lipinski definition) is 4. The van der Waals surface area contributed by atoms with Crippen LogP contribution < -0.4 is 9.95 Å². The molecular weight excluding hydrogens is 224 g/mol. The van der Waals surface area contributed by atoms with E-state index in [1.165, 1.54) is 10.7 Å². The van der Waals surface area contributed by atoms with Crippen LogP contribution in [0, 0.1) is 29.6 Å². The zero-order valence-electron chi connectivity index (χ0n) is 8.61. The van der Waals surface area contributed by atoms with E-state index in [9.17, 15) is 0 Å². The van der Waals surface area contributed by atoms with E-state index in [-0.39, 0.29) is 5.57 Å². The summed E-state index contributed by atoms with van der Waals surface area (Å²) in [4.78, 5) is 0. The molecule has 4 nitrogen and oxygen atoms in total. The summed E-state index contributed by atoms with van der Waals surface area (Å²) in [6.45, 7) is 1.97. The molecule has 0 aliphatic heterocycles. The highest BCUT2D eigenvalue weighted by molar-refractivity contribution is 6.25. The minimum absolute atomic E-state index is 0.0437. The highest BCUT2D eigenvalue weighted by atomic mass is 35.5. The summed E-state index contributed by atoms with van der Waals surface area (Å²) in [7, 11) is 0. The van der Waals surface area contributed by atoms with E-state index in [1.54, 1.807) is 12.1 Å². The smallest absolute Gasteiger partial charge is 0.147 e. The van der Waals surface area contributed by atoms with Crippen LogP contribution in [-0.2, 0) is 0 Å². The topological polar surface area (TPSA) is 62.9 Å². The summed E-state index contributed by atoms with van der Waals surface area (Å²) >= 11 is 5.88. The monoisotopic (exact) mass is 232 g/mol. The fourth-order valence-corrected chi connectivity index (χ4v) is 1.12. The summed E-state index contributed by atoms with van der Waals surface area (Å²) in [6.07, 6.45) is 1.24. The van der Waals surface area contributed by atoms with Gasteiger partial charge in [0.05, 0.1) is 5.69 Å². The van der Waals surface area contributed by atoms with Gasteiger partial charge in [0.25, 0.3) is 0 Å². The lowest BCUT2D eigenvalue weighted by atomic mass is 10.2. The quantitative estimate of drug-likeness (QED) is 0.494. The van der Waals surface area contributed by atoms with Gasteiger partial charge in [-0.25, -0.2) is 0 Å². The Morgan fingerprint density at radius 3 is 2.38 bits per heavy atom. The number of rotatable bonds is 3. The van der Waals surface area contributed by atoms with E-state index in [4.69, 9.17) is 22.3 Å². The van der Waals surface area contributed by atoms with Gasteiger partial charge in [0.1, 0.15) is 17.7 Å². The Morgan fingerprint density at radius 1 is 1.31 bits per heavy atom. The van der Waals surface area contributed by atoms with Gasteiger partial charge in [-0.05, 0) is 19.1 Å². The number of anilines is 1. The second-order valence-electron chi connectivity index (χ2n) is 3.03. The van der Waals surface area contributed by atoms with Gasteiger partial charge in [0, 0.05) is 18.0 Å². The van der Waals surface area contributed by atoms with E-state index in [1.807, 2.05) is 31.2 Å². The van der Waals surface area contributed by atoms with Gasteiger partial charge in [-0.2, -0.15) is 15.1 Å². The summed E-state index contributed by atoms with van der Waals surface area (Å²) in [5, 5.41) is 17.0. The number of benzene rings is 1. The lowest BCUT2D eigenvalue weighted by molar-refractivity contribution is 0.945. The van der Waals surface area contributed by atoms with Crippen molar-refractivity contribution >= 4 is 17.5 Å². The molecule has 0 bridgehead atoms. The van der Waals surface area contributed by atoms with Crippen molar-refractivity contribution in [2.45, 2.75) is 6.92 Å². The fourth-order valence-electron chi connectivity index (χ4n) is 0.961. The predicted octanol–water partition coefficient (Wildman–Crippen LogP) is 2.39. The van der Waals surface area contributed by atoms with Crippen LogP contribution in [0.5, 0.6) is 0 Å². The molecule has 0 fully saturated rings. The van der Waals surface area contributed by atoms with Crippen LogP contribution in [0.3, 0.4) is 0 Å². The van der Waals surface area contributed by atoms with Gasteiger partial charge >= 0.3 is 0 Å². The molecule has 0 amide bonds. The van der Waals surface area contributed by atoms with Crippen molar-refractivity contribution in [3.63, 3.8) is 0 Å². The van der Waals surface area contributed by atoms with Crippen LogP contribution in [0.4, 0.5) is 5.69 Å². The first-order valence-corrected chi connectivity index (χ1v) is 4.80. The van der Waals surface area contributed by atoms with Gasteiger partial charge < -0.3 is 0 Å². The van der Waals surface area contributed by atoms with E-state index in [0.717, 1.165) is 11.3 Å². The van der Waals surface area contributed by atoms with E-state index in [0.29, 0.717) is 0 Å². The Morgan fingerprint density at radius 2 is 1.88 bits per heavy atom. The van der Waals surface area contributed by atoms with Crippen LogP contribution in [0.1, 0.15) is 5.56 Å². The maximum Gasteiger partial charge on any atom is 0.147 e. The molecule has 5 heteroatoms. The molecule has 0 radical (unpaired) electrons. The number of hydrogen-bond donors (Lipinski definition) is 1. The van der Waals surface area contributed by atoms with Crippen molar-refractivity contribution in [1.29, 1.82) is 10.5 Å². The number of nitrogens with one attached hydrogen (secondary N) is 1. The summed E-state index contributed by atoms with van der Waals surface area (Å²) < 4.78 is 1.20. The molecule has 1 aromatic rings. The Kier molecular flexibility index (Phi) is 4.20. The van der Waals surface area contributed by atoms with Gasteiger partial charge in [0.15, 0.2) is 0 Å². The first kappa shape index (κ1) is 11.9. The maximum absolute atomic E-state index is 8.50. The van der Waals surface area contributed by atoms with Crippen LogP contribution in [0.25, 0.3) is 0 Å². The molecule has 0 aliphatic rings. The number of allylic oxidation sites excluding steroid dienone is 1. The Balaban J connectivity index is 2.71. The molecule has 0 aromatic heterocycles. The van der Waals surface area contributed by atoms with Crippen molar-refractivity contribution < 1.29 is 0 Å². The lowest BCUT2D eigenvalue weighted by Crippen LogP contribution is -2.24. The largest absolute Gasteiger partial charge is 0.289 e. The highest BCUT2D eigenvalue weighted by Gasteiger charge is 2.00. The zero-order chi connectivity index (χ0) is 12.0. The van der Waals surface area contributed by atoms with Crippen molar-refractivity contribution in [2.75, 3.05) is 4.53 Å². The Labute approximate surface area is 99.0 Å². The molecule has 0 saturated carbocycles. The van der Waals surface area contributed by atoms with Gasteiger partial charge in [0.2, 0.25) is 0 Å². The molecule has 0 spiro atoms. The van der Waals surface area contributed by atoms with Crippen molar-refractivity contribution in [2.24, 2.45) is 0 Å². The number of hydrazine groups is 1. The molecule has 80 valence electrons. The third-order valence-electron chi connectivity index (χ3n) is 1.82. The number of nitrogens with zero attached hydrogens (tertiary/aromatic N) is 3. The molecule has 0 unspecified atom stereocenters. The first-order chi connectivity index (χ1) is 7.67. The lowest BCUT2D eigenvalue weighted by Gasteiger charge is -2.14. The molecule has 0 heterocycles. The Bertz CT molecular complexity index is 448. The van der Waals surface area contributed by atoms with Crippen molar-refractivity contribution in [1.82, 2.24) is 5.43 Å². The maximum atomic E-state index is 8.50. The number of nitriles is 2. The Hall–Kier alpha value is -2.17. The van der Waals surface area contributed by atoms with Gasteiger partial charge in [-0.15, -0.1) is 0 Å². The van der Waals surface area contributed by atoms with Crippen LogP contribution >= 0.6 is 11.8 Å². The van der Waals surface area contributed by atoms with Crippen molar-refractivity contribution in [3.05, 3.63) is 41.6 Å². The molecule has 1 rings (SSSR count). The highest BCUT2D eigenvalue weighted by Crippen LogP contribution is 2.14. The summed E-state index contributed by atoms with van der Waals surface area (Å²) in [6, 6.07) is 10.9. The molecule has 0 aliphatic carbocycles. The van der Waals surface area contributed by atoms with E-state index in [2.05, 4.69) is 5.43 Å². The second kappa shape index (κ2) is 5.65. The average Bonchev–Trinajstić information content (AvgIpc) is 2.31. The minimum Gasteiger partial charge on any atom is -0.289 e. The van der Waals surface area contributed by atoms with E-state index < -0.39 is 0 Å². The molecule has 0 atom stereocenters. The standard InChI is InChI=1S/C11H9ClN4/c1-9-2-4-11(5-3-9)16(12)15-8-10(6-13)7-14/h2-5,8,15H,1H3. The molecule has 16 heavy (non-hydrogen) atoms. The zero-order valence-corrected chi connectivity index (χ0v) is 9.36. The molecule has 1 N–H and O–H groups in total. The fraction of sp³-hybridized carbons (Fsp3) is 0.0909. The van der Waals surface area contributed by atoms with Crippen LogP contribution in [0.15, 0.2) is 36.0 Å². The molecular formula is C11H9ClN4. The first-order valence-electron chi connectivity index (χ1n) is 4.46. The molecule has 1 aromatic carbocycles. The predicted molar refractivity (Wildman–Crippen MR) is 62.0 cm³/mol. The normalized spacial score (nSPS) is 8.50. The van der Waals surface area contributed by atoms with Gasteiger partial charge in [-0.3, -0.25) is 5.43 Å². The second-order valence-corrected chi connectivity index (χ2v) is 3.37. The van der Waals surface area contributed by atoms with Gasteiger partial charge in [-0.1, -0.05) is 17.7 Å². The van der Waals surface area contributed by atoms with Crippen LogP contribution in [-0.4, -0.2) is 0 Å². The van der Waals surface area contributed by atoms with E-state index >= 15 is 0 Å². The average molecular weight is 233 g/mol. The summed E-state index contributed by atoms with van der Waals surface area (Å²) in [5.41, 5.74) is 4.41. The summed E-state index contributed by atoms with van der Waals surface area (Å²) in [5.74, 6) is 0. The third-order valence-corrected chi connectivity index (χ3v) is 2.12. The number of aryl methyl sites for hydroxylation is 1. The minimum atomic E-state index is -0.0437. The molecule has 0 saturated heterocycles.